The fourth-order valence-electron chi connectivity index (χ4n) is 1.30. The topological polar surface area (TPSA) is 66.4 Å². The summed E-state index contributed by atoms with van der Waals surface area (Å²) in [5.41, 5.74) is 0. The normalized spacial score (nSPS) is 12.1. The lowest BCUT2D eigenvalue weighted by Gasteiger charge is -2.13. The van der Waals surface area contributed by atoms with Crippen LogP contribution in [0.25, 0.3) is 0 Å². The van der Waals surface area contributed by atoms with Crippen molar-refractivity contribution in [2.45, 2.75) is 52.0 Å². The molecule has 0 heterocycles. The first kappa shape index (κ1) is 16.3. The third-order valence-electron chi connectivity index (χ3n) is 2.30. The number of unbranched alkanes of at least 4 members (excludes halogenated alkanes) is 1. The van der Waals surface area contributed by atoms with Gasteiger partial charge in [0.25, 0.3) is 0 Å². The molecule has 0 aliphatic rings. The minimum atomic E-state index is -0.939. The number of rotatable bonds is 10. The van der Waals surface area contributed by atoms with Gasteiger partial charge < -0.3 is 10.4 Å². The van der Waals surface area contributed by atoms with E-state index in [9.17, 15) is 9.59 Å². The van der Waals surface area contributed by atoms with E-state index in [1.165, 1.54) is 0 Å². The molecule has 4 nitrogen and oxygen atoms in total. The molecule has 0 aromatic carbocycles. The van der Waals surface area contributed by atoms with Crippen molar-refractivity contribution < 1.29 is 14.7 Å². The summed E-state index contributed by atoms with van der Waals surface area (Å²) in [6.45, 7) is 4.03. The van der Waals surface area contributed by atoms with Gasteiger partial charge in [-0.2, -0.15) is 11.8 Å². The first-order valence-corrected chi connectivity index (χ1v) is 7.37. The summed E-state index contributed by atoms with van der Waals surface area (Å²) in [6, 6.07) is -0.733. The van der Waals surface area contributed by atoms with E-state index >= 15 is 0 Å². The lowest BCUT2D eigenvalue weighted by Crippen LogP contribution is -2.41. The van der Waals surface area contributed by atoms with E-state index in [0.717, 1.165) is 30.8 Å². The second-order valence-electron chi connectivity index (χ2n) is 3.96. The number of amides is 1. The molecule has 0 aliphatic heterocycles. The number of hydrogen-bond acceptors (Lipinski definition) is 3. The molecule has 0 aromatic rings. The van der Waals surface area contributed by atoms with Crippen LogP contribution in [0.15, 0.2) is 0 Å². The number of carboxylic acid groups (broad SMARTS) is 1. The average molecular weight is 261 g/mol. The molecule has 0 fully saturated rings. The van der Waals surface area contributed by atoms with Gasteiger partial charge in [-0.15, -0.1) is 0 Å². The Morgan fingerprint density at radius 1 is 1.24 bits per heavy atom. The van der Waals surface area contributed by atoms with Crippen LogP contribution >= 0.6 is 11.8 Å². The Balaban J connectivity index is 3.83. The molecule has 0 saturated heterocycles. The summed E-state index contributed by atoms with van der Waals surface area (Å²) in [6.07, 6.45) is 3.95. The van der Waals surface area contributed by atoms with Gasteiger partial charge in [0.2, 0.25) is 5.91 Å². The maximum absolute atomic E-state index is 11.3. The van der Waals surface area contributed by atoms with Gasteiger partial charge in [-0.1, -0.05) is 20.3 Å². The van der Waals surface area contributed by atoms with E-state index in [0.29, 0.717) is 12.8 Å². The maximum Gasteiger partial charge on any atom is 0.326 e. The molecule has 100 valence electrons. The molecule has 1 amide bonds. The van der Waals surface area contributed by atoms with Gasteiger partial charge in [-0.25, -0.2) is 4.79 Å². The molecule has 1 atom stereocenters. The third-order valence-corrected chi connectivity index (χ3v) is 3.41. The van der Waals surface area contributed by atoms with Crippen LogP contribution < -0.4 is 5.32 Å². The largest absolute Gasteiger partial charge is 0.480 e. The van der Waals surface area contributed by atoms with Crippen molar-refractivity contribution in [3.05, 3.63) is 0 Å². The van der Waals surface area contributed by atoms with Gasteiger partial charge in [0, 0.05) is 6.42 Å². The SMILES string of the molecule is CCCCSCCC(NC(=O)CCC)C(=O)O. The van der Waals surface area contributed by atoms with Crippen molar-refractivity contribution in [2.75, 3.05) is 11.5 Å². The van der Waals surface area contributed by atoms with E-state index in [2.05, 4.69) is 12.2 Å². The van der Waals surface area contributed by atoms with Crippen LogP contribution in [0.2, 0.25) is 0 Å². The summed E-state index contributed by atoms with van der Waals surface area (Å²) >= 11 is 1.75. The van der Waals surface area contributed by atoms with Crippen LogP contribution in [0.5, 0.6) is 0 Å². The lowest BCUT2D eigenvalue weighted by atomic mass is 10.2. The van der Waals surface area contributed by atoms with Crippen LogP contribution in [-0.2, 0) is 9.59 Å². The van der Waals surface area contributed by atoms with Gasteiger partial charge in [0.05, 0.1) is 0 Å². The molecule has 0 rings (SSSR count). The van der Waals surface area contributed by atoms with E-state index in [4.69, 9.17) is 5.11 Å². The highest BCUT2D eigenvalue weighted by Crippen LogP contribution is 2.08. The predicted molar refractivity (Wildman–Crippen MR) is 71.3 cm³/mol. The molecule has 0 aromatic heterocycles. The van der Waals surface area contributed by atoms with Crippen molar-refractivity contribution in [3.8, 4) is 0 Å². The third kappa shape index (κ3) is 9.03. The molecule has 0 saturated carbocycles. The predicted octanol–water partition coefficient (Wildman–Crippen LogP) is 2.28. The Kier molecular flexibility index (Phi) is 10.0. The summed E-state index contributed by atoms with van der Waals surface area (Å²) in [7, 11) is 0. The molecule has 2 N–H and O–H groups in total. The second-order valence-corrected chi connectivity index (χ2v) is 5.19. The smallest absolute Gasteiger partial charge is 0.326 e. The van der Waals surface area contributed by atoms with Gasteiger partial charge in [0.15, 0.2) is 0 Å². The zero-order chi connectivity index (χ0) is 13.1. The number of nitrogens with one attached hydrogen (secondary N) is 1. The second kappa shape index (κ2) is 10.4. The number of carbonyl (C=O) groups excluding carboxylic acids is 1. The summed E-state index contributed by atoms with van der Waals surface area (Å²) in [5.74, 6) is 0.735. The van der Waals surface area contributed by atoms with E-state index in [1.54, 1.807) is 11.8 Å². The Hall–Kier alpha value is -0.710. The summed E-state index contributed by atoms with van der Waals surface area (Å²) in [4.78, 5) is 22.2. The maximum atomic E-state index is 11.3. The van der Waals surface area contributed by atoms with Crippen molar-refractivity contribution in [2.24, 2.45) is 0 Å². The van der Waals surface area contributed by atoms with Gasteiger partial charge in [-0.3, -0.25) is 4.79 Å². The standard InChI is InChI=1S/C12H23NO3S/c1-3-5-8-17-9-7-10(12(15)16)13-11(14)6-4-2/h10H,3-9H2,1-2H3,(H,13,14)(H,15,16). The number of carboxylic acids is 1. The van der Waals surface area contributed by atoms with Gasteiger partial charge >= 0.3 is 5.97 Å². The highest BCUT2D eigenvalue weighted by atomic mass is 32.2. The molecular weight excluding hydrogens is 238 g/mol. The van der Waals surface area contributed by atoms with E-state index in [1.807, 2.05) is 6.92 Å². The molecule has 0 spiro atoms. The molecule has 0 bridgehead atoms. The van der Waals surface area contributed by atoms with Crippen molar-refractivity contribution in [1.82, 2.24) is 5.32 Å². The molecule has 0 aliphatic carbocycles. The number of thioether (sulfide) groups is 1. The fourth-order valence-corrected chi connectivity index (χ4v) is 2.40. The quantitative estimate of drug-likeness (QED) is 0.592. The van der Waals surface area contributed by atoms with Gasteiger partial charge in [-0.05, 0) is 30.8 Å². The Morgan fingerprint density at radius 2 is 1.94 bits per heavy atom. The number of aliphatic carboxylic acids is 1. The highest BCUT2D eigenvalue weighted by Gasteiger charge is 2.18. The minimum Gasteiger partial charge on any atom is -0.480 e. The number of carbonyl (C=O) groups is 2. The molecule has 1 unspecified atom stereocenters. The molecular formula is C12H23NO3S. The van der Waals surface area contributed by atoms with Crippen molar-refractivity contribution >= 4 is 23.6 Å². The Labute approximate surface area is 108 Å². The van der Waals surface area contributed by atoms with Gasteiger partial charge in [0.1, 0.15) is 6.04 Å². The Bertz CT molecular complexity index is 234. The van der Waals surface area contributed by atoms with Crippen LogP contribution in [-0.4, -0.2) is 34.5 Å². The van der Waals surface area contributed by atoms with Crippen molar-refractivity contribution in [3.63, 3.8) is 0 Å². The average Bonchev–Trinajstić information content (AvgIpc) is 2.27. The first-order chi connectivity index (χ1) is 8.11. The van der Waals surface area contributed by atoms with Crippen LogP contribution in [0.3, 0.4) is 0 Å². The first-order valence-electron chi connectivity index (χ1n) is 6.21. The molecule has 0 radical (unpaired) electrons. The zero-order valence-electron chi connectivity index (χ0n) is 10.7. The monoisotopic (exact) mass is 261 g/mol. The highest BCUT2D eigenvalue weighted by molar-refractivity contribution is 7.99. The lowest BCUT2D eigenvalue weighted by molar-refractivity contribution is -0.141. The zero-order valence-corrected chi connectivity index (χ0v) is 11.5. The minimum absolute atomic E-state index is 0.168. The van der Waals surface area contributed by atoms with Crippen LogP contribution in [0, 0.1) is 0 Å². The summed E-state index contributed by atoms with van der Waals surface area (Å²) < 4.78 is 0. The van der Waals surface area contributed by atoms with E-state index < -0.39 is 12.0 Å². The van der Waals surface area contributed by atoms with Crippen LogP contribution in [0.4, 0.5) is 0 Å². The molecule has 5 heteroatoms. The Morgan fingerprint density at radius 3 is 2.47 bits per heavy atom. The van der Waals surface area contributed by atoms with Crippen LogP contribution in [0.1, 0.15) is 46.0 Å². The van der Waals surface area contributed by atoms with E-state index in [-0.39, 0.29) is 5.91 Å². The number of hydrogen-bond donors (Lipinski definition) is 2. The fraction of sp³-hybridized carbons (Fsp3) is 0.833. The summed E-state index contributed by atoms with van der Waals surface area (Å²) in [5, 5.41) is 11.5. The van der Waals surface area contributed by atoms with Crippen molar-refractivity contribution in [1.29, 1.82) is 0 Å². The molecule has 17 heavy (non-hydrogen) atoms.